The van der Waals surface area contributed by atoms with E-state index in [1.54, 1.807) is 11.3 Å². The third-order valence-electron chi connectivity index (χ3n) is 3.85. The van der Waals surface area contributed by atoms with E-state index in [1.165, 1.54) is 23.7 Å². The van der Waals surface area contributed by atoms with Gasteiger partial charge in [-0.15, -0.1) is 11.3 Å². The number of likely N-dealkylation sites (N-methyl/N-ethyl adjacent to an activating group) is 2. The van der Waals surface area contributed by atoms with Crippen LogP contribution in [-0.4, -0.2) is 55.1 Å². The van der Waals surface area contributed by atoms with E-state index < -0.39 is 0 Å². The number of aromatic nitrogens is 1. The molecular weight excluding hydrogens is 256 g/mol. The van der Waals surface area contributed by atoms with Crippen LogP contribution in [0.4, 0.5) is 0 Å². The first kappa shape index (κ1) is 14.9. The van der Waals surface area contributed by atoms with Crippen molar-refractivity contribution in [1.82, 2.24) is 20.1 Å². The zero-order valence-electron chi connectivity index (χ0n) is 12.5. The van der Waals surface area contributed by atoms with Gasteiger partial charge in [0.1, 0.15) is 5.01 Å². The quantitative estimate of drug-likeness (QED) is 0.916. The molecule has 108 valence electrons. The molecule has 2 unspecified atom stereocenters. The Labute approximate surface area is 120 Å². The summed E-state index contributed by atoms with van der Waals surface area (Å²) in [6.07, 6.45) is 1.25. The molecule has 0 saturated carbocycles. The highest BCUT2D eigenvalue weighted by molar-refractivity contribution is 7.09. The molecule has 2 atom stereocenters. The van der Waals surface area contributed by atoms with E-state index in [9.17, 15) is 0 Å². The second-order valence-corrected chi connectivity index (χ2v) is 6.39. The van der Waals surface area contributed by atoms with Gasteiger partial charge in [-0.05, 0) is 47.1 Å². The molecule has 0 aromatic carbocycles. The summed E-state index contributed by atoms with van der Waals surface area (Å²) < 4.78 is 0. The fraction of sp³-hybridized carbons (Fsp3) is 0.786. The van der Waals surface area contributed by atoms with Crippen LogP contribution in [0.2, 0.25) is 0 Å². The van der Waals surface area contributed by atoms with Crippen molar-refractivity contribution in [2.75, 3.05) is 40.3 Å². The molecule has 2 rings (SSSR count). The van der Waals surface area contributed by atoms with Gasteiger partial charge in [-0.2, -0.15) is 0 Å². The van der Waals surface area contributed by atoms with Gasteiger partial charge in [0, 0.05) is 18.0 Å². The molecule has 0 spiro atoms. The molecule has 19 heavy (non-hydrogen) atoms. The van der Waals surface area contributed by atoms with Crippen molar-refractivity contribution in [2.45, 2.75) is 32.4 Å². The fourth-order valence-corrected chi connectivity index (χ4v) is 3.67. The lowest BCUT2D eigenvalue weighted by Crippen LogP contribution is -2.30. The molecule has 1 aromatic rings. The Morgan fingerprint density at radius 3 is 3.00 bits per heavy atom. The molecule has 0 radical (unpaired) electrons. The second kappa shape index (κ2) is 6.79. The first-order chi connectivity index (χ1) is 9.11. The van der Waals surface area contributed by atoms with Gasteiger partial charge in [-0.1, -0.05) is 6.92 Å². The van der Waals surface area contributed by atoms with Crippen molar-refractivity contribution < 1.29 is 0 Å². The molecule has 0 amide bonds. The highest BCUT2D eigenvalue weighted by Gasteiger charge is 2.25. The van der Waals surface area contributed by atoms with Gasteiger partial charge in [0.2, 0.25) is 0 Å². The van der Waals surface area contributed by atoms with E-state index in [1.807, 2.05) is 0 Å². The minimum absolute atomic E-state index is 0.351. The molecule has 4 nitrogen and oxygen atoms in total. The molecule has 0 aliphatic carbocycles. The lowest BCUT2D eigenvalue weighted by Gasteiger charge is -2.25. The average molecular weight is 282 g/mol. The third kappa shape index (κ3) is 3.75. The van der Waals surface area contributed by atoms with E-state index in [0.29, 0.717) is 12.1 Å². The van der Waals surface area contributed by atoms with Crippen LogP contribution in [0.5, 0.6) is 0 Å². The van der Waals surface area contributed by atoms with Crippen LogP contribution < -0.4 is 5.32 Å². The number of nitrogens with zero attached hydrogens (tertiary/aromatic N) is 3. The van der Waals surface area contributed by atoms with Gasteiger partial charge in [-0.25, -0.2) is 4.98 Å². The van der Waals surface area contributed by atoms with E-state index in [2.05, 4.69) is 48.4 Å². The summed E-state index contributed by atoms with van der Waals surface area (Å²) in [4.78, 5) is 9.73. The van der Waals surface area contributed by atoms with Gasteiger partial charge in [0.05, 0.1) is 11.7 Å². The number of nitrogens with one attached hydrogen (secondary N) is 1. The minimum atomic E-state index is 0.351. The van der Waals surface area contributed by atoms with Crippen LogP contribution in [0, 0.1) is 0 Å². The van der Waals surface area contributed by atoms with Gasteiger partial charge in [0.15, 0.2) is 0 Å². The maximum absolute atomic E-state index is 4.87. The summed E-state index contributed by atoms with van der Waals surface area (Å²) in [6.45, 7) is 8.74. The Hall–Kier alpha value is -0.490. The highest BCUT2D eigenvalue weighted by atomic mass is 32.1. The monoisotopic (exact) mass is 282 g/mol. The first-order valence-corrected chi connectivity index (χ1v) is 8.07. The molecule has 1 aliphatic heterocycles. The van der Waals surface area contributed by atoms with E-state index in [4.69, 9.17) is 4.98 Å². The zero-order valence-corrected chi connectivity index (χ0v) is 13.3. The van der Waals surface area contributed by atoms with Crippen molar-refractivity contribution in [1.29, 1.82) is 0 Å². The Kier molecular flexibility index (Phi) is 5.33. The minimum Gasteiger partial charge on any atom is -0.309 e. The normalized spacial score (nSPS) is 24.3. The Morgan fingerprint density at radius 1 is 1.47 bits per heavy atom. The van der Waals surface area contributed by atoms with Crippen LogP contribution in [0.3, 0.4) is 0 Å². The van der Waals surface area contributed by atoms with Crippen LogP contribution in [0.25, 0.3) is 0 Å². The number of thiazole rings is 1. The first-order valence-electron chi connectivity index (χ1n) is 7.19. The number of hydrogen-bond acceptors (Lipinski definition) is 5. The fourth-order valence-electron chi connectivity index (χ4n) is 2.60. The molecule has 1 fully saturated rings. The van der Waals surface area contributed by atoms with Crippen molar-refractivity contribution in [3.05, 3.63) is 16.1 Å². The summed E-state index contributed by atoms with van der Waals surface area (Å²) in [5, 5.41) is 6.90. The maximum Gasteiger partial charge on any atom is 0.111 e. The van der Waals surface area contributed by atoms with Crippen LogP contribution in [0.15, 0.2) is 5.38 Å². The molecule has 1 N–H and O–H groups in total. The third-order valence-corrected chi connectivity index (χ3v) is 4.81. The largest absolute Gasteiger partial charge is 0.309 e. The van der Waals surface area contributed by atoms with Gasteiger partial charge >= 0.3 is 0 Å². The smallest absolute Gasteiger partial charge is 0.111 e. The van der Waals surface area contributed by atoms with Crippen molar-refractivity contribution in [3.8, 4) is 0 Å². The average Bonchev–Trinajstić information content (AvgIpc) is 2.79. The molecular formula is C14H26N4S. The molecule has 5 heteroatoms. The Morgan fingerprint density at radius 2 is 2.26 bits per heavy atom. The molecule has 1 aromatic heterocycles. The van der Waals surface area contributed by atoms with Crippen molar-refractivity contribution in [2.24, 2.45) is 0 Å². The topological polar surface area (TPSA) is 31.4 Å². The predicted octanol–water partition coefficient (Wildman–Crippen LogP) is 2.12. The summed E-state index contributed by atoms with van der Waals surface area (Å²) in [6, 6.07) is 0.795. The van der Waals surface area contributed by atoms with Crippen molar-refractivity contribution in [3.63, 3.8) is 0 Å². The summed E-state index contributed by atoms with van der Waals surface area (Å²) in [5.41, 5.74) is 1.18. The second-order valence-electron chi connectivity index (χ2n) is 5.50. The lowest BCUT2D eigenvalue weighted by molar-refractivity contribution is 0.228. The maximum atomic E-state index is 4.87. The Bertz CT molecular complexity index is 393. The van der Waals surface area contributed by atoms with E-state index in [0.717, 1.165) is 19.6 Å². The zero-order chi connectivity index (χ0) is 13.8. The molecule has 1 saturated heterocycles. The Balaban J connectivity index is 2.11. The highest BCUT2D eigenvalue weighted by Crippen LogP contribution is 2.27. The summed E-state index contributed by atoms with van der Waals surface area (Å²) in [7, 11) is 4.43. The van der Waals surface area contributed by atoms with E-state index >= 15 is 0 Å². The molecule has 0 bridgehead atoms. The van der Waals surface area contributed by atoms with E-state index in [-0.39, 0.29) is 0 Å². The standard InChI is InChI=1S/C14H26N4S/c1-5-15-11(2)12-10-19-14(16-12)13-9-17(3)7-6-8-18(13)4/h10-11,13,15H,5-9H2,1-4H3. The predicted molar refractivity (Wildman–Crippen MR) is 81.7 cm³/mol. The number of hydrogen-bond donors (Lipinski definition) is 1. The molecule has 1 aliphatic rings. The van der Waals surface area contributed by atoms with Crippen LogP contribution in [0.1, 0.15) is 43.1 Å². The van der Waals surface area contributed by atoms with Gasteiger partial charge in [-0.3, -0.25) is 4.90 Å². The van der Waals surface area contributed by atoms with Crippen molar-refractivity contribution >= 4 is 11.3 Å². The summed E-state index contributed by atoms with van der Waals surface area (Å²) >= 11 is 1.81. The summed E-state index contributed by atoms with van der Waals surface area (Å²) in [5.74, 6) is 0. The van der Waals surface area contributed by atoms with Gasteiger partial charge in [0.25, 0.3) is 0 Å². The van der Waals surface area contributed by atoms with Crippen LogP contribution >= 0.6 is 11.3 Å². The number of rotatable bonds is 4. The van der Waals surface area contributed by atoms with Crippen LogP contribution in [-0.2, 0) is 0 Å². The van der Waals surface area contributed by atoms with Gasteiger partial charge < -0.3 is 10.2 Å². The SMILES string of the molecule is CCNC(C)c1csc(C2CN(C)CCCN2C)n1. The molecule has 2 heterocycles. The lowest BCUT2D eigenvalue weighted by atomic mass is 10.2.